The van der Waals surface area contributed by atoms with Crippen molar-refractivity contribution in [2.75, 3.05) is 6.61 Å². The Morgan fingerprint density at radius 1 is 1.33 bits per heavy atom. The average Bonchev–Trinajstić information content (AvgIpc) is 2.79. The van der Waals surface area contributed by atoms with E-state index in [1.54, 1.807) is 12.1 Å². The molecule has 4 nitrogen and oxygen atoms in total. The molecule has 1 aromatic carbocycles. The third-order valence-corrected chi connectivity index (χ3v) is 4.59. The van der Waals surface area contributed by atoms with Crippen LogP contribution in [-0.2, 0) is 10.0 Å². The zero-order valence-electron chi connectivity index (χ0n) is 9.93. The number of sulfonamides is 1. The molecule has 0 spiro atoms. The number of benzene rings is 1. The molecule has 0 amide bonds. The summed E-state index contributed by atoms with van der Waals surface area (Å²) in [4.78, 5) is 0.0369. The largest absolute Gasteiger partial charge is 0.492 e. The van der Waals surface area contributed by atoms with E-state index in [0.29, 0.717) is 22.7 Å². The standard InChI is InChI=1S/C12H16BrNO3S/c13-10-5-6-11(12(7-10)18(14,15)16)17-8-9-3-1-2-4-9/h5-7,9H,1-4,8H2,(H2,14,15,16). The minimum Gasteiger partial charge on any atom is -0.492 e. The van der Waals surface area contributed by atoms with Crippen LogP contribution in [0.5, 0.6) is 5.75 Å². The molecule has 1 fully saturated rings. The van der Waals surface area contributed by atoms with Crippen molar-refractivity contribution in [3.8, 4) is 5.75 Å². The predicted molar refractivity (Wildman–Crippen MR) is 73.0 cm³/mol. The molecule has 0 atom stereocenters. The van der Waals surface area contributed by atoms with Gasteiger partial charge in [-0.25, -0.2) is 13.6 Å². The van der Waals surface area contributed by atoms with Gasteiger partial charge in [-0.1, -0.05) is 28.8 Å². The smallest absolute Gasteiger partial charge is 0.241 e. The summed E-state index contributed by atoms with van der Waals surface area (Å²) in [6, 6.07) is 4.86. The molecule has 18 heavy (non-hydrogen) atoms. The zero-order chi connectivity index (χ0) is 13.2. The van der Waals surface area contributed by atoms with Crippen LogP contribution < -0.4 is 9.88 Å². The van der Waals surface area contributed by atoms with Crippen LogP contribution in [-0.4, -0.2) is 15.0 Å². The second-order valence-corrected chi connectivity index (χ2v) is 7.04. The van der Waals surface area contributed by atoms with Crippen molar-refractivity contribution in [2.24, 2.45) is 11.1 Å². The first-order valence-electron chi connectivity index (χ1n) is 5.92. The molecule has 0 aromatic heterocycles. The van der Waals surface area contributed by atoms with Crippen LogP contribution >= 0.6 is 15.9 Å². The van der Waals surface area contributed by atoms with Gasteiger partial charge in [0.05, 0.1) is 6.61 Å². The fourth-order valence-electron chi connectivity index (χ4n) is 2.21. The molecule has 0 heterocycles. The first-order chi connectivity index (χ1) is 8.47. The maximum Gasteiger partial charge on any atom is 0.241 e. The highest BCUT2D eigenvalue weighted by molar-refractivity contribution is 9.10. The Kier molecular flexibility index (Phi) is 4.29. The van der Waals surface area contributed by atoms with Crippen LogP contribution in [0, 0.1) is 5.92 Å². The Morgan fingerprint density at radius 3 is 2.61 bits per heavy atom. The molecule has 2 N–H and O–H groups in total. The van der Waals surface area contributed by atoms with E-state index >= 15 is 0 Å². The number of primary sulfonamides is 1. The van der Waals surface area contributed by atoms with Gasteiger partial charge in [-0.05, 0) is 37.0 Å². The van der Waals surface area contributed by atoms with Crippen molar-refractivity contribution in [3.05, 3.63) is 22.7 Å². The van der Waals surface area contributed by atoms with E-state index in [-0.39, 0.29) is 4.90 Å². The second kappa shape index (κ2) is 5.59. The zero-order valence-corrected chi connectivity index (χ0v) is 12.3. The van der Waals surface area contributed by atoms with Gasteiger partial charge in [0.25, 0.3) is 0 Å². The number of halogens is 1. The average molecular weight is 334 g/mol. The summed E-state index contributed by atoms with van der Waals surface area (Å²) in [6.07, 6.45) is 4.77. The van der Waals surface area contributed by atoms with Crippen molar-refractivity contribution >= 4 is 26.0 Å². The number of hydrogen-bond acceptors (Lipinski definition) is 3. The Morgan fingerprint density at radius 2 is 2.00 bits per heavy atom. The van der Waals surface area contributed by atoms with Crippen LogP contribution in [0.3, 0.4) is 0 Å². The van der Waals surface area contributed by atoms with Crippen LogP contribution in [0.25, 0.3) is 0 Å². The summed E-state index contributed by atoms with van der Waals surface area (Å²) in [7, 11) is -3.76. The molecule has 0 bridgehead atoms. The molecular formula is C12H16BrNO3S. The fourth-order valence-corrected chi connectivity index (χ4v) is 3.42. The lowest BCUT2D eigenvalue weighted by Crippen LogP contribution is -2.15. The highest BCUT2D eigenvalue weighted by atomic mass is 79.9. The second-order valence-electron chi connectivity index (χ2n) is 4.60. The Labute approximate surface area is 116 Å². The first kappa shape index (κ1) is 13.8. The molecule has 0 aliphatic heterocycles. The van der Waals surface area contributed by atoms with Crippen molar-refractivity contribution in [3.63, 3.8) is 0 Å². The Bertz CT molecular complexity index is 524. The Balaban J connectivity index is 2.16. The van der Waals surface area contributed by atoms with Crippen LogP contribution in [0.2, 0.25) is 0 Å². The van der Waals surface area contributed by atoms with E-state index in [1.165, 1.54) is 18.9 Å². The van der Waals surface area contributed by atoms with Gasteiger partial charge < -0.3 is 4.74 Å². The summed E-state index contributed by atoms with van der Waals surface area (Å²) < 4.78 is 29.2. The summed E-state index contributed by atoms with van der Waals surface area (Å²) >= 11 is 3.23. The van der Waals surface area contributed by atoms with E-state index < -0.39 is 10.0 Å². The van der Waals surface area contributed by atoms with Gasteiger partial charge >= 0.3 is 0 Å². The van der Waals surface area contributed by atoms with Crippen molar-refractivity contribution < 1.29 is 13.2 Å². The molecule has 100 valence electrons. The summed E-state index contributed by atoms with van der Waals surface area (Å²) in [6.45, 7) is 0.560. The van der Waals surface area contributed by atoms with E-state index in [9.17, 15) is 8.42 Å². The summed E-state index contributed by atoms with van der Waals surface area (Å²) in [5, 5.41) is 5.18. The highest BCUT2D eigenvalue weighted by Gasteiger charge is 2.19. The topological polar surface area (TPSA) is 69.4 Å². The fraction of sp³-hybridized carbons (Fsp3) is 0.500. The third kappa shape index (κ3) is 3.46. The van der Waals surface area contributed by atoms with E-state index in [0.717, 1.165) is 12.8 Å². The van der Waals surface area contributed by atoms with Gasteiger partial charge in [0.2, 0.25) is 10.0 Å². The van der Waals surface area contributed by atoms with Crippen LogP contribution in [0.1, 0.15) is 25.7 Å². The van der Waals surface area contributed by atoms with Crippen molar-refractivity contribution in [2.45, 2.75) is 30.6 Å². The number of nitrogens with two attached hydrogens (primary N) is 1. The quantitative estimate of drug-likeness (QED) is 0.920. The SMILES string of the molecule is NS(=O)(=O)c1cc(Br)ccc1OCC1CCCC1. The lowest BCUT2D eigenvalue weighted by molar-refractivity contribution is 0.246. The lowest BCUT2D eigenvalue weighted by atomic mass is 10.1. The molecule has 2 rings (SSSR count). The van der Waals surface area contributed by atoms with Crippen molar-refractivity contribution in [1.29, 1.82) is 0 Å². The minimum absolute atomic E-state index is 0.0369. The van der Waals surface area contributed by atoms with Crippen molar-refractivity contribution in [1.82, 2.24) is 0 Å². The van der Waals surface area contributed by atoms with E-state index in [2.05, 4.69) is 15.9 Å². The molecule has 6 heteroatoms. The summed E-state index contributed by atoms with van der Waals surface area (Å²) in [5.74, 6) is 0.870. The van der Waals surface area contributed by atoms with E-state index in [4.69, 9.17) is 9.88 Å². The number of hydrogen-bond donors (Lipinski definition) is 1. The highest BCUT2D eigenvalue weighted by Crippen LogP contribution is 2.29. The Hall–Kier alpha value is -0.590. The normalized spacial score (nSPS) is 17.0. The third-order valence-electron chi connectivity index (χ3n) is 3.16. The molecule has 1 aromatic rings. The molecule has 0 unspecified atom stereocenters. The van der Waals surface area contributed by atoms with Gasteiger partial charge in [-0.15, -0.1) is 0 Å². The predicted octanol–water partition coefficient (Wildman–Crippen LogP) is 2.67. The molecule has 1 aliphatic rings. The molecule has 0 saturated heterocycles. The first-order valence-corrected chi connectivity index (χ1v) is 8.26. The number of ether oxygens (including phenoxy) is 1. The van der Waals surface area contributed by atoms with Gasteiger partial charge in [-0.3, -0.25) is 0 Å². The van der Waals surface area contributed by atoms with Gasteiger partial charge in [0.1, 0.15) is 10.6 Å². The van der Waals surface area contributed by atoms with Crippen LogP contribution in [0.4, 0.5) is 0 Å². The molecular weight excluding hydrogens is 318 g/mol. The number of rotatable bonds is 4. The lowest BCUT2D eigenvalue weighted by Gasteiger charge is -2.14. The van der Waals surface area contributed by atoms with Gasteiger partial charge in [0, 0.05) is 4.47 Å². The summed E-state index contributed by atoms with van der Waals surface area (Å²) in [5.41, 5.74) is 0. The van der Waals surface area contributed by atoms with E-state index in [1.807, 2.05) is 0 Å². The maximum absolute atomic E-state index is 11.5. The van der Waals surface area contributed by atoms with Gasteiger partial charge in [-0.2, -0.15) is 0 Å². The molecule has 0 radical (unpaired) electrons. The molecule has 1 aliphatic carbocycles. The van der Waals surface area contributed by atoms with Gasteiger partial charge in [0.15, 0.2) is 0 Å². The van der Waals surface area contributed by atoms with Crippen LogP contribution in [0.15, 0.2) is 27.6 Å². The minimum atomic E-state index is -3.76. The molecule has 1 saturated carbocycles. The monoisotopic (exact) mass is 333 g/mol. The maximum atomic E-state index is 11.5.